The molecule has 0 aliphatic carbocycles. The van der Waals surface area contributed by atoms with E-state index < -0.39 is 0 Å². The number of piperidine rings is 1. The monoisotopic (exact) mass is 437 g/mol. The van der Waals surface area contributed by atoms with Crippen molar-refractivity contribution in [2.24, 2.45) is 0 Å². The molecule has 0 spiro atoms. The molecule has 1 aliphatic heterocycles. The number of likely N-dealkylation sites (tertiary alicyclic amines) is 1. The fourth-order valence-electron chi connectivity index (χ4n) is 4.24. The van der Waals surface area contributed by atoms with Crippen molar-refractivity contribution in [1.29, 1.82) is 0 Å². The van der Waals surface area contributed by atoms with Gasteiger partial charge in [-0.2, -0.15) is 0 Å². The molecule has 4 rings (SSSR count). The number of methoxy groups -OCH3 is 1. The van der Waals surface area contributed by atoms with Gasteiger partial charge >= 0.3 is 0 Å². The molecule has 2 heterocycles. The molecule has 1 saturated heterocycles. The number of rotatable bonds is 7. The molecule has 1 aliphatic rings. The van der Waals surface area contributed by atoms with E-state index in [1.54, 1.807) is 26.2 Å². The number of nitrogens with one attached hydrogen (secondary N) is 1. The molecule has 1 N–H and O–H groups in total. The second kappa shape index (κ2) is 9.96. The Morgan fingerprint density at radius 3 is 2.47 bits per heavy atom. The summed E-state index contributed by atoms with van der Waals surface area (Å²) in [6, 6.07) is 13.9. The highest BCUT2D eigenvalue weighted by Gasteiger charge is 2.26. The van der Waals surface area contributed by atoms with Crippen molar-refractivity contribution < 1.29 is 18.4 Å². The number of hydrogen-bond donors (Lipinski definition) is 1. The molecule has 7 heteroatoms. The summed E-state index contributed by atoms with van der Waals surface area (Å²) >= 11 is 0. The van der Waals surface area contributed by atoms with Crippen LogP contribution in [0.4, 0.5) is 4.39 Å². The number of halogens is 1. The molecule has 168 valence electrons. The van der Waals surface area contributed by atoms with Crippen LogP contribution in [0.2, 0.25) is 0 Å². The van der Waals surface area contributed by atoms with Crippen LogP contribution >= 0.6 is 0 Å². The Kier molecular flexibility index (Phi) is 6.85. The summed E-state index contributed by atoms with van der Waals surface area (Å²) in [5.41, 5.74) is 2.56. The molecule has 2 aromatic carbocycles. The minimum Gasteiger partial charge on any atom is -0.497 e. The number of benzene rings is 2. The van der Waals surface area contributed by atoms with Crippen LogP contribution in [0.5, 0.6) is 5.75 Å². The quantitative estimate of drug-likeness (QED) is 0.578. The van der Waals surface area contributed by atoms with Crippen LogP contribution in [-0.2, 0) is 0 Å². The minimum atomic E-state index is -0.344. The maximum atomic E-state index is 13.3. The highest BCUT2D eigenvalue weighted by molar-refractivity contribution is 6.00. The first-order valence-corrected chi connectivity index (χ1v) is 10.9. The van der Waals surface area contributed by atoms with Gasteiger partial charge in [0.05, 0.1) is 13.2 Å². The highest BCUT2D eigenvalue weighted by atomic mass is 19.1. The Balaban J connectivity index is 1.54. The van der Waals surface area contributed by atoms with Gasteiger partial charge in [0.15, 0.2) is 0 Å². The summed E-state index contributed by atoms with van der Waals surface area (Å²) < 4.78 is 23.9. The molecule has 1 aromatic heterocycles. The Hall–Kier alpha value is -3.19. The molecule has 0 bridgehead atoms. The predicted molar refractivity (Wildman–Crippen MR) is 120 cm³/mol. The van der Waals surface area contributed by atoms with Gasteiger partial charge in [-0.15, -0.1) is 0 Å². The number of carbonyl (C=O) groups is 1. The van der Waals surface area contributed by atoms with Gasteiger partial charge in [-0.3, -0.25) is 9.69 Å². The molecule has 6 nitrogen and oxygen atoms in total. The van der Waals surface area contributed by atoms with E-state index >= 15 is 0 Å². The molecule has 1 atom stereocenters. The largest absolute Gasteiger partial charge is 0.497 e. The number of hydrogen-bond acceptors (Lipinski definition) is 5. The van der Waals surface area contributed by atoms with E-state index in [1.807, 2.05) is 12.1 Å². The first-order chi connectivity index (χ1) is 15.6. The average molecular weight is 438 g/mol. The third-order valence-electron chi connectivity index (χ3n) is 6.00. The van der Waals surface area contributed by atoms with Crippen molar-refractivity contribution in [3.8, 4) is 17.0 Å². The summed E-state index contributed by atoms with van der Waals surface area (Å²) in [6.07, 6.45) is 3.54. The Bertz CT molecular complexity index is 1040. The van der Waals surface area contributed by atoms with E-state index in [9.17, 15) is 9.18 Å². The number of aryl methyl sites for hydroxylation is 1. The zero-order valence-electron chi connectivity index (χ0n) is 18.4. The van der Waals surface area contributed by atoms with Gasteiger partial charge in [0.2, 0.25) is 0 Å². The molecular formula is C25H28FN3O3. The van der Waals surface area contributed by atoms with Crippen molar-refractivity contribution in [2.45, 2.75) is 32.2 Å². The number of aromatic nitrogens is 1. The second-order valence-electron chi connectivity index (χ2n) is 8.06. The molecule has 32 heavy (non-hydrogen) atoms. The maximum absolute atomic E-state index is 13.3. The van der Waals surface area contributed by atoms with Gasteiger partial charge in [0.25, 0.3) is 5.91 Å². The summed E-state index contributed by atoms with van der Waals surface area (Å²) in [7, 11) is 1.65. The van der Waals surface area contributed by atoms with Crippen LogP contribution in [0, 0.1) is 12.7 Å². The van der Waals surface area contributed by atoms with Crippen LogP contribution in [0.1, 0.15) is 47.0 Å². The van der Waals surface area contributed by atoms with E-state index in [-0.39, 0.29) is 17.8 Å². The molecule has 0 saturated carbocycles. The lowest BCUT2D eigenvalue weighted by Crippen LogP contribution is -2.40. The first kappa shape index (κ1) is 22.0. The lowest BCUT2D eigenvalue weighted by molar-refractivity contribution is 0.0923. The lowest BCUT2D eigenvalue weighted by atomic mass is 10.0. The van der Waals surface area contributed by atoms with Crippen molar-refractivity contribution in [3.63, 3.8) is 0 Å². The van der Waals surface area contributed by atoms with Crippen molar-refractivity contribution in [2.75, 3.05) is 26.7 Å². The van der Waals surface area contributed by atoms with Gasteiger partial charge in [0.1, 0.15) is 28.6 Å². The Labute approximate surface area is 187 Å². The van der Waals surface area contributed by atoms with Crippen LogP contribution in [-0.4, -0.2) is 42.7 Å². The minimum absolute atomic E-state index is 0.0552. The Morgan fingerprint density at radius 1 is 1.12 bits per heavy atom. The van der Waals surface area contributed by atoms with Gasteiger partial charge < -0.3 is 14.6 Å². The van der Waals surface area contributed by atoms with Gasteiger partial charge in [-0.1, -0.05) is 23.7 Å². The van der Waals surface area contributed by atoms with Crippen LogP contribution in [0.3, 0.4) is 0 Å². The molecule has 3 aromatic rings. The van der Waals surface area contributed by atoms with Crippen molar-refractivity contribution in [1.82, 2.24) is 15.4 Å². The maximum Gasteiger partial charge on any atom is 0.257 e. The van der Waals surface area contributed by atoms with Gasteiger partial charge in [-0.25, -0.2) is 4.39 Å². The number of nitrogens with zero attached hydrogens (tertiary/aromatic N) is 2. The van der Waals surface area contributed by atoms with E-state index in [1.165, 1.54) is 18.6 Å². The Morgan fingerprint density at radius 2 is 1.81 bits per heavy atom. The molecular weight excluding hydrogens is 409 g/mol. The first-order valence-electron chi connectivity index (χ1n) is 10.9. The topological polar surface area (TPSA) is 67.6 Å². The van der Waals surface area contributed by atoms with E-state index in [4.69, 9.17) is 9.26 Å². The number of ether oxygens (including phenoxy) is 1. The summed E-state index contributed by atoms with van der Waals surface area (Å²) in [5, 5.41) is 7.13. The zero-order valence-corrected chi connectivity index (χ0v) is 18.4. The molecule has 1 unspecified atom stereocenters. The van der Waals surface area contributed by atoms with E-state index in [2.05, 4.69) is 27.5 Å². The molecule has 0 radical (unpaired) electrons. The lowest BCUT2D eigenvalue weighted by Gasteiger charge is -2.35. The smallest absolute Gasteiger partial charge is 0.257 e. The van der Waals surface area contributed by atoms with E-state index in [0.717, 1.165) is 37.2 Å². The normalized spacial score (nSPS) is 15.3. The SMILES string of the molecule is COc1ccc(C(CNC(=O)c2c(-c3ccc(F)cc3)noc2C)N2CCCCC2)cc1. The molecule has 1 amide bonds. The second-order valence-corrected chi connectivity index (χ2v) is 8.06. The number of carbonyl (C=O) groups excluding carboxylic acids is 1. The van der Waals surface area contributed by atoms with Gasteiger partial charge in [-0.05, 0) is 74.8 Å². The fraction of sp³-hybridized carbons (Fsp3) is 0.360. The van der Waals surface area contributed by atoms with E-state index in [0.29, 0.717) is 29.1 Å². The van der Waals surface area contributed by atoms with Crippen LogP contribution in [0.15, 0.2) is 53.1 Å². The van der Waals surface area contributed by atoms with Crippen molar-refractivity contribution in [3.05, 3.63) is 71.2 Å². The standard InChI is InChI=1S/C25H28FN3O3/c1-17-23(24(28-32-17)19-6-10-20(26)11-7-19)25(30)27-16-22(29-14-4-3-5-15-29)18-8-12-21(31-2)13-9-18/h6-13,22H,3-5,14-16H2,1-2H3,(H,27,30). The van der Waals surface area contributed by atoms with Crippen LogP contribution in [0.25, 0.3) is 11.3 Å². The molecule has 1 fully saturated rings. The third kappa shape index (κ3) is 4.83. The van der Waals surface area contributed by atoms with Crippen molar-refractivity contribution >= 4 is 5.91 Å². The van der Waals surface area contributed by atoms with Crippen LogP contribution < -0.4 is 10.1 Å². The number of amides is 1. The summed E-state index contributed by atoms with van der Waals surface area (Å²) in [5.74, 6) is 0.641. The highest BCUT2D eigenvalue weighted by Crippen LogP contribution is 2.28. The summed E-state index contributed by atoms with van der Waals surface area (Å²) in [6.45, 7) is 4.17. The average Bonchev–Trinajstić information content (AvgIpc) is 3.22. The summed E-state index contributed by atoms with van der Waals surface area (Å²) in [4.78, 5) is 15.6. The van der Waals surface area contributed by atoms with Gasteiger partial charge in [0, 0.05) is 12.1 Å². The fourth-order valence-corrected chi connectivity index (χ4v) is 4.24. The zero-order chi connectivity index (χ0) is 22.5. The predicted octanol–water partition coefficient (Wildman–Crippen LogP) is 4.75. The third-order valence-corrected chi connectivity index (χ3v) is 6.00.